The van der Waals surface area contributed by atoms with Gasteiger partial charge >= 0.3 is 0 Å². The summed E-state index contributed by atoms with van der Waals surface area (Å²) in [6.07, 6.45) is 2.93. The van der Waals surface area contributed by atoms with E-state index < -0.39 is 12.0 Å². The standard InChI is InChI=1S/C13H20F2O2/c1-7-10(6-13(2,14)15)17-12-9-4-3-8(5-9)11(12)16-7/h7-12H,3-6H2,1-2H3. The van der Waals surface area contributed by atoms with Crippen molar-refractivity contribution in [2.45, 2.75) is 69.9 Å². The minimum absolute atomic E-state index is 0.0808. The molecule has 2 bridgehead atoms. The Balaban J connectivity index is 1.69. The van der Waals surface area contributed by atoms with E-state index in [1.165, 1.54) is 12.8 Å². The summed E-state index contributed by atoms with van der Waals surface area (Å²) in [6.45, 7) is 2.81. The van der Waals surface area contributed by atoms with E-state index in [0.29, 0.717) is 11.8 Å². The molecule has 3 rings (SSSR count). The highest BCUT2D eigenvalue weighted by Crippen LogP contribution is 2.50. The van der Waals surface area contributed by atoms with Gasteiger partial charge in [0.15, 0.2) is 0 Å². The largest absolute Gasteiger partial charge is 0.370 e. The molecule has 2 aliphatic carbocycles. The van der Waals surface area contributed by atoms with Gasteiger partial charge in [-0.2, -0.15) is 0 Å². The Morgan fingerprint density at radius 1 is 1.12 bits per heavy atom. The highest BCUT2D eigenvalue weighted by Gasteiger charge is 2.54. The molecule has 98 valence electrons. The van der Waals surface area contributed by atoms with Gasteiger partial charge in [0.25, 0.3) is 0 Å². The molecule has 1 heterocycles. The molecular weight excluding hydrogens is 226 g/mol. The van der Waals surface area contributed by atoms with E-state index in [1.807, 2.05) is 6.92 Å². The van der Waals surface area contributed by atoms with E-state index >= 15 is 0 Å². The Bertz CT molecular complexity index is 302. The number of hydrogen-bond donors (Lipinski definition) is 0. The topological polar surface area (TPSA) is 18.5 Å². The summed E-state index contributed by atoms with van der Waals surface area (Å²) >= 11 is 0. The average molecular weight is 246 g/mol. The molecule has 2 saturated carbocycles. The van der Waals surface area contributed by atoms with Crippen LogP contribution in [0.2, 0.25) is 0 Å². The molecule has 1 saturated heterocycles. The molecule has 0 N–H and O–H groups in total. The number of halogens is 2. The molecule has 4 heteroatoms. The zero-order valence-corrected chi connectivity index (χ0v) is 10.4. The summed E-state index contributed by atoms with van der Waals surface area (Å²) in [4.78, 5) is 0. The maximum absolute atomic E-state index is 13.1. The van der Waals surface area contributed by atoms with Crippen molar-refractivity contribution >= 4 is 0 Å². The second-order valence-electron chi connectivity index (χ2n) is 6.05. The lowest BCUT2D eigenvalue weighted by molar-refractivity contribution is -0.240. The van der Waals surface area contributed by atoms with Gasteiger partial charge in [-0.25, -0.2) is 8.78 Å². The minimum Gasteiger partial charge on any atom is -0.370 e. The maximum Gasteiger partial charge on any atom is 0.248 e. The fourth-order valence-corrected chi connectivity index (χ4v) is 3.78. The van der Waals surface area contributed by atoms with Crippen LogP contribution in [0.15, 0.2) is 0 Å². The quantitative estimate of drug-likeness (QED) is 0.745. The fraction of sp³-hybridized carbons (Fsp3) is 1.00. The van der Waals surface area contributed by atoms with Crippen molar-refractivity contribution in [3.8, 4) is 0 Å². The SMILES string of the molecule is CC1OC2C3CCC(C3)C2OC1CC(C)(F)F. The van der Waals surface area contributed by atoms with Gasteiger partial charge < -0.3 is 9.47 Å². The third-order valence-corrected chi connectivity index (χ3v) is 4.55. The number of fused-ring (bicyclic) bond motifs is 5. The Hall–Kier alpha value is -0.220. The molecule has 0 spiro atoms. The van der Waals surface area contributed by atoms with Crippen LogP contribution in [0, 0.1) is 11.8 Å². The van der Waals surface area contributed by atoms with Gasteiger partial charge in [-0.05, 0) is 44.9 Å². The summed E-state index contributed by atoms with van der Waals surface area (Å²) in [5.74, 6) is -1.52. The second-order valence-corrected chi connectivity index (χ2v) is 6.05. The summed E-state index contributed by atoms with van der Waals surface area (Å²) < 4.78 is 38.0. The third-order valence-electron chi connectivity index (χ3n) is 4.55. The van der Waals surface area contributed by atoms with Gasteiger partial charge in [-0.1, -0.05) is 0 Å². The Labute approximate surface area is 101 Å². The molecule has 0 aromatic rings. The molecular formula is C13H20F2O2. The molecule has 0 aromatic carbocycles. The number of ether oxygens (including phenoxy) is 2. The lowest BCUT2D eigenvalue weighted by Gasteiger charge is -2.43. The molecule has 2 nitrogen and oxygen atoms in total. The van der Waals surface area contributed by atoms with Crippen LogP contribution in [0.25, 0.3) is 0 Å². The Morgan fingerprint density at radius 2 is 1.71 bits per heavy atom. The number of rotatable bonds is 2. The van der Waals surface area contributed by atoms with Crippen LogP contribution in [-0.4, -0.2) is 30.3 Å². The molecule has 0 amide bonds. The zero-order valence-electron chi connectivity index (χ0n) is 10.4. The third kappa shape index (κ3) is 2.10. The van der Waals surface area contributed by atoms with Crippen molar-refractivity contribution in [1.82, 2.24) is 0 Å². The fourth-order valence-electron chi connectivity index (χ4n) is 3.78. The smallest absolute Gasteiger partial charge is 0.248 e. The summed E-state index contributed by atoms with van der Waals surface area (Å²) in [5.41, 5.74) is 0. The van der Waals surface area contributed by atoms with Crippen molar-refractivity contribution in [2.75, 3.05) is 0 Å². The van der Waals surface area contributed by atoms with E-state index in [1.54, 1.807) is 0 Å². The van der Waals surface area contributed by atoms with Crippen molar-refractivity contribution in [1.29, 1.82) is 0 Å². The monoisotopic (exact) mass is 246 g/mol. The first kappa shape index (κ1) is 11.8. The van der Waals surface area contributed by atoms with Crippen LogP contribution in [0.4, 0.5) is 8.78 Å². The Kier molecular flexibility index (Phi) is 2.71. The van der Waals surface area contributed by atoms with Crippen LogP contribution in [-0.2, 0) is 9.47 Å². The van der Waals surface area contributed by atoms with E-state index in [4.69, 9.17) is 9.47 Å². The zero-order chi connectivity index (χ0) is 12.2. The van der Waals surface area contributed by atoms with Gasteiger partial charge in [0.05, 0.1) is 24.4 Å². The van der Waals surface area contributed by atoms with E-state index in [0.717, 1.165) is 13.3 Å². The van der Waals surface area contributed by atoms with Crippen molar-refractivity contribution < 1.29 is 18.3 Å². The maximum atomic E-state index is 13.1. The lowest BCUT2D eigenvalue weighted by Crippen LogP contribution is -2.51. The number of alkyl halides is 2. The summed E-state index contributed by atoms with van der Waals surface area (Å²) in [7, 11) is 0. The van der Waals surface area contributed by atoms with Crippen molar-refractivity contribution in [2.24, 2.45) is 11.8 Å². The first-order valence-electron chi connectivity index (χ1n) is 6.63. The predicted molar refractivity (Wildman–Crippen MR) is 59.1 cm³/mol. The average Bonchev–Trinajstić information content (AvgIpc) is 2.77. The van der Waals surface area contributed by atoms with Crippen LogP contribution < -0.4 is 0 Å². The van der Waals surface area contributed by atoms with Crippen LogP contribution in [0.5, 0.6) is 0 Å². The van der Waals surface area contributed by atoms with Gasteiger partial charge in [-0.15, -0.1) is 0 Å². The molecule has 1 aliphatic heterocycles. The first-order chi connectivity index (χ1) is 7.94. The second kappa shape index (κ2) is 3.89. The van der Waals surface area contributed by atoms with Crippen molar-refractivity contribution in [3.05, 3.63) is 0 Å². The van der Waals surface area contributed by atoms with Gasteiger partial charge in [0.2, 0.25) is 5.92 Å². The summed E-state index contributed by atoms with van der Waals surface area (Å²) in [5, 5.41) is 0. The van der Waals surface area contributed by atoms with Gasteiger partial charge in [0.1, 0.15) is 0 Å². The van der Waals surface area contributed by atoms with Crippen LogP contribution >= 0.6 is 0 Å². The molecule has 3 aliphatic rings. The molecule has 0 aromatic heterocycles. The summed E-state index contributed by atoms with van der Waals surface area (Å²) in [6, 6.07) is 0. The van der Waals surface area contributed by atoms with Gasteiger partial charge in [0, 0.05) is 6.42 Å². The van der Waals surface area contributed by atoms with Gasteiger partial charge in [-0.3, -0.25) is 0 Å². The van der Waals surface area contributed by atoms with Crippen molar-refractivity contribution in [3.63, 3.8) is 0 Å². The molecule has 0 radical (unpaired) electrons. The first-order valence-corrected chi connectivity index (χ1v) is 6.63. The van der Waals surface area contributed by atoms with E-state index in [-0.39, 0.29) is 24.7 Å². The lowest BCUT2D eigenvalue weighted by atomic mass is 9.92. The van der Waals surface area contributed by atoms with Crippen LogP contribution in [0.3, 0.4) is 0 Å². The molecule has 6 atom stereocenters. The highest BCUT2D eigenvalue weighted by molar-refractivity contribution is 5.02. The number of hydrogen-bond acceptors (Lipinski definition) is 2. The normalized spacial score (nSPS) is 49.4. The minimum atomic E-state index is -2.67. The van der Waals surface area contributed by atoms with Crippen LogP contribution in [0.1, 0.15) is 39.5 Å². The Morgan fingerprint density at radius 3 is 2.29 bits per heavy atom. The highest BCUT2D eigenvalue weighted by atomic mass is 19.3. The predicted octanol–water partition coefficient (Wildman–Crippen LogP) is 3.00. The van der Waals surface area contributed by atoms with E-state index in [9.17, 15) is 8.78 Å². The van der Waals surface area contributed by atoms with E-state index in [2.05, 4.69) is 0 Å². The molecule has 17 heavy (non-hydrogen) atoms. The molecule has 3 fully saturated rings. The molecule has 6 unspecified atom stereocenters.